The zero-order valence-electron chi connectivity index (χ0n) is 21.7. The molecule has 0 saturated carbocycles. The van der Waals surface area contributed by atoms with Crippen LogP contribution in [-0.2, 0) is 6.54 Å². The summed E-state index contributed by atoms with van der Waals surface area (Å²) in [5.74, 6) is 0.254. The Morgan fingerprint density at radius 1 is 0.897 bits per heavy atom. The number of carbonyl (C=O) groups is 1. The minimum atomic E-state index is -0.294. The average molecular weight is 544 g/mol. The maximum absolute atomic E-state index is 13.9. The zero-order chi connectivity index (χ0) is 26.8. The second kappa shape index (κ2) is 11.3. The van der Waals surface area contributed by atoms with E-state index in [1.54, 1.807) is 18.3 Å². The molecule has 8 heteroatoms. The lowest BCUT2D eigenvalue weighted by Gasteiger charge is -2.33. The van der Waals surface area contributed by atoms with Crippen molar-refractivity contribution in [3.05, 3.63) is 112 Å². The number of carbonyl (C=O) groups excluding carboxylic acids is 1. The number of pyridine rings is 1. The highest BCUT2D eigenvalue weighted by Crippen LogP contribution is 2.35. The number of amides is 1. The number of benzene rings is 2. The Morgan fingerprint density at radius 2 is 1.64 bits per heavy atom. The molecule has 1 unspecified atom stereocenters. The van der Waals surface area contributed by atoms with Gasteiger partial charge in [-0.2, -0.15) is 5.10 Å². The molecule has 1 atom stereocenters. The van der Waals surface area contributed by atoms with Crippen LogP contribution in [-0.4, -0.2) is 56.7 Å². The molecule has 0 radical (unpaired) electrons. The van der Waals surface area contributed by atoms with Crippen molar-refractivity contribution in [3.8, 4) is 5.69 Å². The fourth-order valence-electron chi connectivity index (χ4n) is 5.94. The van der Waals surface area contributed by atoms with Gasteiger partial charge in [0.25, 0.3) is 5.91 Å². The highest BCUT2D eigenvalue weighted by molar-refractivity contribution is 6.29. The maximum atomic E-state index is 13.9. The van der Waals surface area contributed by atoms with Crippen LogP contribution in [0.5, 0.6) is 0 Å². The molecule has 4 aromatic rings. The second-order valence-corrected chi connectivity index (χ2v) is 10.9. The van der Waals surface area contributed by atoms with Gasteiger partial charge in [0, 0.05) is 37.7 Å². The summed E-state index contributed by atoms with van der Waals surface area (Å²) in [6.07, 6.45) is 6.30. The number of hydrogen-bond donors (Lipinski definition) is 0. The van der Waals surface area contributed by atoms with E-state index < -0.39 is 0 Å². The molecule has 0 aliphatic carbocycles. The first-order valence-electron chi connectivity index (χ1n) is 13.6. The van der Waals surface area contributed by atoms with Crippen molar-refractivity contribution in [1.82, 2.24) is 24.6 Å². The van der Waals surface area contributed by atoms with Crippen LogP contribution in [0.25, 0.3) is 5.69 Å². The van der Waals surface area contributed by atoms with Crippen LogP contribution >= 0.6 is 11.6 Å². The molecule has 2 aromatic heterocycles. The van der Waals surface area contributed by atoms with E-state index in [-0.39, 0.29) is 17.6 Å². The van der Waals surface area contributed by atoms with Crippen LogP contribution in [0.3, 0.4) is 0 Å². The van der Waals surface area contributed by atoms with Gasteiger partial charge < -0.3 is 4.90 Å². The molecular weight excluding hydrogens is 513 g/mol. The Balaban J connectivity index is 1.23. The molecule has 2 saturated heterocycles. The Bertz CT molecular complexity index is 1420. The van der Waals surface area contributed by atoms with E-state index >= 15 is 0 Å². The van der Waals surface area contributed by atoms with E-state index in [2.05, 4.69) is 39.2 Å². The first-order valence-corrected chi connectivity index (χ1v) is 13.9. The van der Waals surface area contributed by atoms with Crippen molar-refractivity contribution in [2.45, 2.75) is 37.6 Å². The normalized spacial score (nSPS) is 18.5. The fraction of sp³-hybridized carbons (Fsp3) is 0.323. The van der Waals surface area contributed by atoms with Crippen LogP contribution in [0.15, 0.2) is 79.1 Å². The van der Waals surface area contributed by atoms with Gasteiger partial charge in [0.05, 0.1) is 23.1 Å². The van der Waals surface area contributed by atoms with Gasteiger partial charge in [-0.3, -0.25) is 9.69 Å². The van der Waals surface area contributed by atoms with Crippen molar-refractivity contribution in [2.75, 3.05) is 26.2 Å². The second-order valence-electron chi connectivity index (χ2n) is 10.5. The number of likely N-dealkylation sites (tertiary alicyclic amines) is 2. The lowest BCUT2D eigenvalue weighted by molar-refractivity contribution is 0.0788. The lowest BCUT2D eigenvalue weighted by atomic mass is 9.90. The van der Waals surface area contributed by atoms with E-state index in [0.29, 0.717) is 23.2 Å². The monoisotopic (exact) mass is 543 g/mol. The Hall–Kier alpha value is -3.55. The third kappa shape index (κ3) is 5.60. The molecular formula is C31H31ClFN5O. The number of halogens is 2. The third-order valence-electron chi connectivity index (χ3n) is 8.02. The smallest absolute Gasteiger partial charge is 0.257 e. The molecule has 200 valence electrons. The van der Waals surface area contributed by atoms with Crippen molar-refractivity contribution in [1.29, 1.82) is 0 Å². The summed E-state index contributed by atoms with van der Waals surface area (Å²) in [7, 11) is 0. The number of aromatic nitrogens is 3. The molecule has 2 fully saturated rings. The predicted octanol–water partition coefficient (Wildman–Crippen LogP) is 6.07. The van der Waals surface area contributed by atoms with Gasteiger partial charge in [-0.05, 0) is 73.8 Å². The number of nitrogens with zero attached hydrogens (tertiary/aromatic N) is 5. The maximum Gasteiger partial charge on any atom is 0.257 e. The standard InChI is InChI=1S/C31H31ClFN5O/c32-29-11-6-22(18-34-29)20-36-15-12-24(13-16-36)30-28(19-35-38(30)27-9-7-26(33)8-10-27)31(39)37-17-14-25(21-37)23-4-2-1-3-5-23/h1-11,18-19,24-25H,12-17,20-21H2. The zero-order valence-corrected chi connectivity index (χ0v) is 22.5. The lowest BCUT2D eigenvalue weighted by Crippen LogP contribution is -2.34. The summed E-state index contributed by atoms with van der Waals surface area (Å²) < 4.78 is 15.6. The predicted molar refractivity (Wildman–Crippen MR) is 150 cm³/mol. The summed E-state index contributed by atoms with van der Waals surface area (Å²) in [6, 6.07) is 20.6. The molecule has 2 aromatic carbocycles. The summed E-state index contributed by atoms with van der Waals surface area (Å²) in [5.41, 5.74) is 4.77. The Kier molecular flexibility index (Phi) is 7.44. The molecule has 0 bridgehead atoms. The van der Waals surface area contributed by atoms with E-state index in [4.69, 9.17) is 11.6 Å². The first-order chi connectivity index (χ1) is 19.0. The average Bonchev–Trinajstić information content (AvgIpc) is 3.64. The van der Waals surface area contributed by atoms with Gasteiger partial charge >= 0.3 is 0 Å². The summed E-state index contributed by atoms with van der Waals surface area (Å²) >= 11 is 5.95. The quantitative estimate of drug-likeness (QED) is 0.277. The molecule has 6 nitrogen and oxygen atoms in total. The van der Waals surface area contributed by atoms with Crippen LogP contribution in [0.1, 0.15) is 58.3 Å². The van der Waals surface area contributed by atoms with Gasteiger partial charge in [0.1, 0.15) is 11.0 Å². The SMILES string of the molecule is O=C(c1cnn(-c2ccc(F)cc2)c1C1CCN(Cc2ccc(Cl)nc2)CC1)N1CCC(c2ccccc2)C1. The Morgan fingerprint density at radius 3 is 2.36 bits per heavy atom. The fourth-order valence-corrected chi connectivity index (χ4v) is 6.05. The van der Waals surface area contributed by atoms with Gasteiger partial charge in [0.2, 0.25) is 0 Å². The highest BCUT2D eigenvalue weighted by atomic mass is 35.5. The van der Waals surface area contributed by atoms with Gasteiger partial charge in [-0.25, -0.2) is 14.1 Å². The molecule has 1 amide bonds. The summed E-state index contributed by atoms with van der Waals surface area (Å²) in [4.78, 5) is 22.5. The molecule has 0 spiro atoms. The summed E-state index contributed by atoms with van der Waals surface area (Å²) in [6.45, 7) is 4.05. The summed E-state index contributed by atoms with van der Waals surface area (Å²) in [5, 5.41) is 5.17. The topological polar surface area (TPSA) is 54.3 Å². The van der Waals surface area contributed by atoms with Crippen molar-refractivity contribution < 1.29 is 9.18 Å². The molecule has 4 heterocycles. The van der Waals surface area contributed by atoms with Gasteiger partial charge in [-0.1, -0.05) is 48.0 Å². The van der Waals surface area contributed by atoms with Crippen LogP contribution < -0.4 is 0 Å². The van der Waals surface area contributed by atoms with E-state index in [0.717, 1.165) is 62.4 Å². The minimum absolute atomic E-state index is 0.0338. The number of piperidine rings is 1. The minimum Gasteiger partial charge on any atom is -0.338 e. The highest BCUT2D eigenvalue weighted by Gasteiger charge is 2.34. The van der Waals surface area contributed by atoms with Crippen molar-refractivity contribution in [3.63, 3.8) is 0 Å². The van der Waals surface area contributed by atoms with Crippen LogP contribution in [0.4, 0.5) is 4.39 Å². The van der Waals surface area contributed by atoms with Crippen molar-refractivity contribution in [2.24, 2.45) is 0 Å². The van der Waals surface area contributed by atoms with Gasteiger partial charge in [-0.15, -0.1) is 0 Å². The Labute approximate surface area is 233 Å². The molecule has 2 aliphatic heterocycles. The molecule has 39 heavy (non-hydrogen) atoms. The van der Waals surface area contributed by atoms with E-state index in [9.17, 15) is 9.18 Å². The van der Waals surface area contributed by atoms with Crippen LogP contribution in [0, 0.1) is 5.82 Å². The number of rotatable bonds is 6. The first kappa shape index (κ1) is 25.7. The molecule has 2 aliphatic rings. The van der Waals surface area contributed by atoms with Crippen LogP contribution in [0.2, 0.25) is 5.15 Å². The third-order valence-corrected chi connectivity index (χ3v) is 8.25. The van der Waals surface area contributed by atoms with Gasteiger partial charge in [0.15, 0.2) is 0 Å². The largest absolute Gasteiger partial charge is 0.338 e. The van der Waals surface area contributed by atoms with E-state index in [1.807, 2.05) is 34.0 Å². The molecule has 6 rings (SSSR count). The number of hydrogen-bond acceptors (Lipinski definition) is 4. The van der Waals surface area contributed by atoms with E-state index in [1.165, 1.54) is 17.7 Å². The van der Waals surface area contributed by atoms with Crippen molar-refractivity contribution >= 4 is 17.5 Å². The molecule has 0 N–H and O–H groups in total.